The molecule has 0 amide bonds. The number of nitrogens with zero attached hydrogens (tertiary/aromatic N) is 3. The zero-order valence-corrected chi connectivity index (χ0v) is 29.2. The Labute approximate surface area is 271 Å². The molecule has 2 bridgehead atoms. The summed E-state index contributed by atoms with van der Waals surface area (Å²) < 4.78 is 2.26. The van der Waals surface area contributed by atoms with Gasteiger partial charge in [0.15, 0.2) is 0 Å². The van der Waals surface area contributed by atoms with E-state index in [1.54, 1.807) is 0 Å². The van der Waals surface area contributed by atoms with Crippen molar-refractivity contribution in [2.75, 3.05) is 0 Å². The summed E-state index contributed by atoms with van der Waals surface area (Å²) >= 11 is 11.9. The molecule has 3 unspecified atom stereocenters. The van der Waals surface area contributed by atoms with Gasteiger partial charge in [-0.25, -0.2) is 0 Å². The van der Waals surface area contributed by atoms with E-state index in [1.807, 2.05) is 32.2 Å². The highest BCUT2D eigenvalue weighted by molar-refractivity contribution is 6.36. The third-order valence-electron chi connectivity index (χ3n) is 10.4. The number of fused-ring (bicyclic) bond motifs is 4. The summed E-state index contributed by atoms with van der Waals surface area (Å²) in [5.41, 5.74) is 7.90. The molecule has 6 rings (SSSR count). The summed E-state index contributed by atoms with van der Waals surface area (Å²) in [6, 6.07) is 6.66. The monoisotopic (exact) mass is 624 g/mol. The van der Waals surface area contributed by atoms with E-state index in [1.165, 1.54) is 93.0 Å². The van der Waals surface area contributed by atoms with Crippen molar-refractivity contribution >= 4 is 23.2 Å². The molecule has 2 aromatic heterocycles. The lowest BCUT2D eigenvalue weighted by molar-refractivity contribution is -0.00194. The minimum atomic E-state index is 0.370. The van der Waals surface area contributed by atoms with Gasteiger partial charge in [-0.3, -0.25) is 9.67 Å². The van der Waals surface area contributed by atoms with Crippen molar-refractivity contribution < 1.29 is 0 Å². The van der Waals surface area contributed by atoms with E-state index in [4.69, 9.17) is 33.3 Å². The van der Waals surface area contributed by atoms with Crippen molar-refractivity contribution in [1.82, 2.24) is 20.1 Å². The summed E-state index contributed by atoms with van der Waals surface area (Å²) in [5.74, 6) is 0.582. The molecule has 4 nitrogen and oxygen atoms in total. The molecule has 43 heavy (non-hydrogen) atoms. The fourth-order valence-electron chi connectivity index (χ4n) is 7.45. The molecule has 1 N–H and O–H groups in total. The number of unbranched alkanes of at least 4 members (excludes halogenated alkanes) is 1. The molecule has 0 radical (unpaired) electrons. The number of halogens is 2. The van der Waals surface area contributed by atoms with E-state index < -0.39 is 0 Å². The maximum absolute atomic E-state index is 6.01. The molecular formula is C37H54Cl2N4. The normalized spacial score (nSPS) is 23.9. The van der Waals surface area contributed by atoms with Gasteiger partial charge in [-0.1, -0.05) is 76.7 Å². The molecule has 3 fully saturated rings. The molecule has 236 valence electrons. The van der Waals surface area contributed by atoms with Crippen molar-refractivity contribution in [1.29, 1.82) is 0 Å². The number of hydrogen-bond donors (Lipinski definition) is 1. The van der Waals surface area contributed by atoms with Crippen LogP contribution in [0.4, 0.5) is 0 Å². The summed E-state index contributed by atoms with van der Waals surface area (Å²) in [7, 11) is 0. The van der Waals surface area contributed by atoms with Gasteiger partial charge < -0.3 is 5.32 Å². The largest absolute Gasteiger partial charge is 0.306 e. The third kappa shape index (κ3) is 7.68. The highest BCUT2D eigenvalue weighted by Crippen LogP contribution is 2.48. The van der Waals surface area contributed by atoms with Crippen LogP contribution in [-0.4, -0.2) is 25.8 Å². The Hall–Kier alpha value is -1.88. The number of benzene rings is 1. The van der Waals surface area contributed by atoms with Crippen LogP contribution in [0, 0.1) is 13.8 Å². The van der Waals surface area contributed by atoms with Gasteiger partial charge in [-0.15, -0.1) is 0 Å². The first-order valence-corrected chi connectivity index (χ1v) is 17.6. The van der Waals surface area contributed by atoms with Gasteiger partial charge in [0.05, 0.1) is 12.2 Å². The standard InChI is InChI=1S/C28H44N4.C9H10Cl2/c1-6-10-11-22(7-2)26-21(5)16-23(17-29-26)24-18-30-32(19-24)25-12-14-27(8-3)20-28(9-4,31-27)15-13-25;1-3-7-8(10)5-4-6(2)9(7)11/h16-19,22,25,31H,6-15,20H2,1-5H3;4-5H,3H2,1-2H3. The number of nitrogens with one attached hydrogen (secondary N) is 1. The minimum Gasteiger partial charge on any atom is -0.306 e. The lowest BCUT2D eigenvalue weighted by atomic mass is 9.62. The Morgan fingerprint density at radius 2 is 1.63 bits per heavy atom. The van der Waals surface area contributed by atoms with Crippen LogP contribution in [0.1, 0.15) is 140 Å². The molecule has 3 aliphatic rings. The maximum atomic E-state index is 6.01. The number of pyridine rings is 1. The zero-order chi connectivity index (χ0) is 31.2. The number of aryl methyl sites for hydroxylation is 2. The van der Waals surface area contributed by atoms with Crippen molar-refractivity contribution in [3.8, 4) is 11.1 Å². The quantitative estimate of drug-likeness (QED) is 0.244. The minimum absolute atomic E-state index is 0.370. The summed E-state index contributed by atoms with van der Waals surface area (Å²) in [6.07, 6.45) is 21.0. The number of hydrogen-bond acceptors (Lipinski definition) is 3. The van der Waals surface area contributed by atoms with Crippen LogP contribution < -0.4 is 5.32 Å². The van der Waals surface area contributed by atoms with Crippen LogP contribution in [0.3, 0.4) is 0 Å². The Bertz CT molecular complexity index is 1320. The lowest BCUT2D eigenvalue weighted by Crippen LogP contribution is -2.72. The summed E-state index contributed by atoms with van der Waals surface area (Å²) in [4.78, 5) is 4.94. The average Bonchev–Trinajstić information content (AvgIpc) is 3.47. The Balaban J connectivity index is 0.000000324. The zero-order valence-electron chi connectivity index (χ0n) is 27.7. The van der Waals surface area contributed by atoms with Gasteiger partial charge in [-0.05, 0) is 107 Å². The third-order valence-corrected chi connectivity index (χ3v) is 11.3. The van der Waals surface area contributed by atoms with E-state index in [0.717, 1.165) is 27.6 Å². The van der Waals surface area contributed by atoms with Crippen LogP contribution in [0.25, 0.3) is 11.1 Å². The first-order valence-electron chi connectivity index (χ1n) is 16.9. The first kappa shape index (κ1) is 34.0. The molecule has 6 heteroatoms. The van der Waals surface area contributed by atoms with E-state index >= 15 is 0 Å². The van der Waals surface area contributed by atoms with Crippen molar-refractivity contribution in [3.63, 3.8) is 0 Å². The van der Waals surface area contributed by atoms with E-state index in [-0.39, 0.29) is 0 Å². The van der Waals surface area contributed by atoms with Gasteiger partial charge in [0.1, 0.15) is 0 Å². The average molecular weight is 626 g/mol. The van der Waals surface area contributed by atoms with Crippen LogP contribution in [-0.2, 0) is 6.42 Å². The molecule has 3 atom stereocenters. The fourth-order valence-corrected chi connectivity index (χ4v) is 8.09. The molecule has 1 saturated carbocycles. The topological polar surface area (TPSA) is 42.7 Å². The first-order chi connectivity index (χ1) is 20.6. The molecule has 4 heterocycles. The SMILES string of the molecule is CCCCC(CC)c1ncc(-c2cnn(C3CCC4(CC)CC(CC)(CC3)N4)c2)cc1C.CCc1c(Cl)ccc(C)c1Cl. The summed E-state index contributed by atoms with van der Waals surface area (Å²) in [6.45, 7) is 15.5. The predicted octanol–water partition coefficient (Wildman–Crippen LogP) is 11.2. The van der Waals surface area contributed by atoms with Gasteiger partial charge >= 0.3 is 0 Å². The highest BCUT2D eigenvalue weighted by atomic mass is 35.5. The lowest BCUT2D eigenvalue weighted by Gasteiger charge is -2.60. The fraction of sp³-hybridized carbons (Fsp3) is 0.622. The van der Waals surface area contributed by atoms with Crippen molar-refractivity contribution in [2.24, 2.45) is 0 Å². The van der Waals surface area contributed by atoms with E-state index in [2.05, 4.69) is 63.1 Å². The molecular weight excluding hydrogens is 571 g/mol. The maximum Gasteiger partial charge on any atom is 0.0569 e. The van der Waals surface area contributed by atoms with Gasteiger partial charge in [-0.2, -0.15) is 5.10 Å². The Morgan fingerprint density at radius 1 is 0.953 bits per heavy atom. The second-order valence-electron chi connectivity index (χ2n) is 13.2. The van der Waals surface area contributed by atoms with Gasteiger partial charge in [0.2, 0.25) is 0 Å². The second kappa shape index (κ2) is 14.9. The molecule has 0 spiro atoms. The molecule has 1 aromatic carbocycles. The molecule has 2 saturated heterocycles. The van der Waals surface area contributed by atoms with Gasteiger partial charge in [0.25, 0.3) is 0 Å². The molecule has 3 aromatic rings. The summed E-state index contributed by atoms with van der Waals surface area (Å²) in [5, 5.41) is 10.4. The van der Waals surface area contributed by atoms with E-state index in [9.17, 15) is 0 Å². The van der Waals surface area contributed by atoms with E-state index in [0.29, 0.717) is 23.0 Å². The molecule has 1 aliphatic carbocycles. The predicted molar refractivity (Wildman–Crippen MR) is 185 cm³/mol. The van der Waals surface area contributed by atoms with Crippen LogP contribution in [0.2, 0.25) is 10.0 Å². The van der Waals surface area contributed by atoms with Crippen molar-refractivity contribution in [3.05, 3.63) is 69.2 Å². The Kier molecular flexibility index (Phi) is 11.8. The van der Waals surface area contributed by atoms with Crippen LogP contribution in [0.5, 0.6) is 0 Å². The Morgan fingerprint density at radius 3 is 2.16 bits per heavy atom. The highest BCUT2D eigenvalue weighted by Gasteiger charge is 2.52. The number of rotatable bonds is 10. The van der Waals surface area contributed by atoms with Gasteiger partial charge in [0, 0.05) is 56.3 Å². The number of aromatic nitrogens is 3. The van der Waals surface area contributed by atoms with Crippen molar-refractivity contribution in [2.45, 2.75) is 149 Å². The van der Waals surface area contributed by atoms with Crippen LogP contribution in [0.15, 0.2) is 36.8 Å². The molecule has 2 aliphatic heterocycles. The second-order valence-corrected chi connectivity index (χ2v) is 14.0. The van der Waals surface area contributed by atoms with Crippen LogP contribution >= 0.6 is 23.2 Å². The smallest absolute Gasteiger partial charge is 0.0569 e.